The minimum absolute atomic E-state index is 0.137. The predicted molar refractivity (Wildman–Crippen MR) is 153 cm³/mol. The average molecular weight is 511 g/mol. The summed E-state index contributed by atoms with van der Waals surface area (Å²) in [5.74, 6) is -0.158. The number of carbonyl (C=O) groups is 2. The number of amides is 1. The molecule has 0 aliphatic carbocycles. The van der Waals surface area contributed by atoms with Gasteiger partial charge in [0, 0.05) is 21.0 Å². The van der Waals surface area contributed by atoms with Gasteiger partial charge in [0.25, 0.3) is 0 Å². The van der Waals surface area contributed by atoms with Crippen molar-refractivity contribution in [2.24, 2.45) is 5.73 Å². The van der Waals surface area contributed by atoms with Gasteiger partial charge in [-0.3, -0.25) is 9.59 Å². The number of esters is 1. The third-order valence-corrected chi connectivity index (χ3v) is 8.03. The lowest BCUT2D eigenvalue weighted by Gasteiger charge is -2.17. The van der Waals surface area contributed by atoms with Crippen molar-refractivity contribution >= 4 is 20.0 Å². The van der Waals surface area contributed by atoms with Crippen LogP contribution in [0.25, 0.3) is 0 Å². The van der Waals surface area contributed by atoms with Crippen molar-refractivity contribution in [2.75, 3.05) is 13.2 Å². The van der Waals surface area contributed by atoms with Crippen LogP contribution in [0, 0.1) is 0 Å². The fourth-order valence-electron chi connectivity index (χ4n) is 3.84. The quantitative estimate of drug-likeness (QED) is 0.0609. The predicted octanol–water partition coefficient (Wildman–Crippen LogP) is 7.52. The minimum atomic E-state index is -1.20. The van der Waals surface area contributed by atoms with Crippen molar-refractivity contribution in [1.82, 2.24) is 5.32 Å². The molecule has 0 aliphatic rings. The van der Waals surface area contributed by atoms with Crippen molar-refractivity contribution in [3.05, 3.63) is 12.2 Å². The number of allylic oxidation sites excluding steroid dienone is 2. The number of unbranched alkanes of at least 4 members (excludes halogenated alkanes) is 12. The number of rotatable bonds is 24. The first kappa shape index (κ1) is 33.9. The molecule has 0 aromatic heterocycles. The van der Waals surface area contributed by atoms with Crippen LogP contribution < -0.4 is 11.1 Å². The highest BCUT2D eigenvalue weighted by Gasteiger charge is 2.17. The van der Waals surface area contributed by atoms with Gasteiger partial charge in [0.2, 0.25) is 5.91 Å². The molecule has 0 bridgehead atoms. The Hall–Kier alpha value is -1.14. The first-order valence-corrected chi connectivity index (χ1v) is 18.3. The topological polar surface area (TPSA) is 81.4 Å². The van der Waals surface area contributed by atoms with Gasteiger partial charge in [-0.25, -0.2) is 0 Å². The molecule has 0 saturated carbocycles. The Morgan fingerprint density at radius 3 is 2.00 bits per heavy atom. The summed E-state index contributed by atoms with van der Waals surface area (Å²) < 4.78 is 5.29. The number of ether oxygens (including phenoxy) is 1. The van der Waals surface area contributed by atoms with Crippen molar-refractivity contribution < 1.29 is 14.3 Å². The third-order valence-electron chi connectivity index (χ3n) is 6.33. The summed E-state index contributed by atoms with van der Waals surface area (Å²) in [6.45, 7) is 10.2. The third kappa shape index (κ3) is 25.7. The van der Waals surface area contributed by atoms with E-state index in [0.29, 0.717) is 26.0 Å². The van der Waals surface area contributed by atoms with Crippen LogP contribution in [0.5, 0.6) is 0 Å². The standard InChI is InChI=1S/C29H58N2O3Si/c1-5-6-7-8-9-10-11-12-13-14-15-16-17-18-19-23-28(32)31-24-21-20-22-27(30)29(33)34-25-26-35(2,3)4/h12-13,27H,5-11,14-26,30H2,1-4H3,(H,31,32). The number of nitrogens with one attached hydrogen (secondary N) is 1. The van der Waals surface area contributed by atoms with Gasteiger partial charge in [0.1, 0.15) is 6.04 Å². The maximum Gasteiger partial charge on any atom is 0.322 e. The monoisotopic (exact) mass is 510 g/mol. The van der Waals surface area contributed by atoms with Gasteiger partial charge in [-0.15, -0.1) is 0 Å². The Balaban J connectivity index is 3.45. The van der Waals surface area contributed by atoms with E-state index in [-0.39, 0.29) is 11.9 Å². The zero-order valence-corrected chi connectivity index (χ0v) is 24.7. The van der Waals surface area contributed by atoms with E-state index < -0.39 is 14.1 Å². The van der Waals surface area contributed by atoms with Crippen molar-refractivity contribution in [2.45, 2.75) is 148 Å². The molecule has 1 unspecified atom stereocenters. The van der Waals surface area contributed by atoms with Crippen LogP contribution in [0.2, 0.25) is 25.7 Å². The van der Waals surface area contributed by atoms with Crippen LogP contribution in [-0.2, 0) is 14.3 Å². The Kier molecular flexibility index (Phi) is 22.5. The highest BCUT2D eigenvalue weighted by molar-refractivity contribution is 6.76. The fraction of sp³-hybridized carbons (Fsp3) is 0.862. The molecule has 0 aliphatic heterocycles. The molecule has 0 fully saturated rings. The van der Waals surface area contributed by atoms with Crippen molar-refractivity contribution in [3.8, 4) is 0 Å². The molecule has 0 heterocycles. The van der Waals surface area contributed by atoms with Crippen LogP contribution in [0.1, 0.15) is 116 Å². The second-order valence-electron chi connectivity index (χ2n) is 11.3. The van der Waals surface area contributed by atoms with Gasteiger partial charge < -0.3 is 15.8 Å². The Morgan fingerprint density at radius 1 is 0.829 bits per heavy atom. The van der Waals surface area contributed by atoms with E-state index in [2.05, 4.69) is 44.0 Å². The van der Waals surface area contributed by atoms with Gasteiger partial charge in [0.05, 0.1) is 6.61 Å². The zero-order chi connectivity index (χ0) is 26.2. The van der Waals surface area contributed by atoms with Crippen LogP contribution >= 0.6 is 0 Å². The molecular weight excluding hydrogens is 452 g/mol. The normalized spacial score (nSPS) is 12.7. The number of hydrogen-bond donors (Lipinski definition) is 2. The van der Waals surface area contributed by atoms with Gasteiger partial charge >= 0.3 is 5.97 Å². The number of carbonyl (C=O) groups excluding carboxylic acids is 2. The highest BCUT2D eigenvalue weighted by atomic mass is 28.3. The Bertz CT molecular complexity index is 547. The maximum atomic E-state index is 12.0. The summed E-state index contributed by atoms with van der Waals surface area (Å²) in [6.07, 6.45) is 24.0. The van der Waals surface area contributed by atoms with E-state index >= 15 is 0 Å². The van der Waals surface area contributed by atoms with Crippen molar-refractivity contribution in [1.29, 1.82) is 0 Å². The van der Waals surface area contributed by atoms with E-state index in [1.807, 2.05) is 0 Å². The maximum absolute atomic E-state index is 12.0. The summed E-state index contributed by atoms with van der Waals surface area (Å²) in [6, 6.07) is 0.414. The van der Waals surface area contributed by atoms with Crippen molar-refractivity contribution in [3.63, 3.8) is 0 Å². The molecule has 5 nitrogen and oxygen atoms in total. The summed E-state index contributed by atoms with van der Waals surface area (Å²) in [4.78, 5) is 23.9. The lowest BCUT2D eigenvalue weighted by molar-refractivity contribution is -0.144. The molecule has 1 amide bonds. The molecule has 1 atom stereocenters. The van der Waals surface area contributed by atoms with Crippen LogP contribution in [0.4, 0.5) is 0 Å². The molecule has 0 radical (unpaired) electrons. The summed E-state index contributed by atoms with van der Waals surface area (Å²) in [7, 11) is -1.20. The second-order valence-corrected chi connectivity index (χ2v) is 16.9. The molecule has 35 heavy (non-hydrogen) atoms. The lowest BCUT2D eigenvalue weighted by Crippen LogP contribution is -2.34. The first-order chi connectivity index (χ1) is 16.8. The zero-order valence-electron chi connectivity index (χ0n) is 23.7. The second kappa shape index (κ2) is 23.3. The molecule has 0 aromatic rings. The molecule has 206 valence electrons. The SMILES string of the molecule is CCCCCCCCC=CCCCCCCCC(=O)NCCCCC(N)C(=O)OCC[Si](C)(C)C. The minimum Gasteiger partial charge on any atom is -0.465 e. The smallest absolute Gasteiger partial charge is 0.322 e. The van der Waals surface area contributed by atoms with E-state index in [4.69, 9.17) is 10.5 Å². The van der Waals surface area contributed by atoms with Crippen LogP contribution in [-0.4, -0.2) is 39.1 Å². The van der Waals surface area contributed by atoms with Gasteiger partial charge in [-0.1, -0.05) is 90.1 Å². The van der Waals surface area contributed by atoms with E-state index in [0.717, 1.165) is 31.7 Å². The van der Waals surface area contributed by atoms with Gasteiger partial charge in [-0.2, -0.15) is 0 Å². The highest BCUT2D eigenvalue weighted by Crippen LogP contribution is 2.11. The van der Waals surface area contributed by atoms with Crippen LogP contribution in [0.3, 0.4) is 0 Å². The molecule has 0 aromatic carbocycles. The lowest BCUT2D eigenvalue weighted by atomic mass is 10.1. The number of hydrogen-bond acceptors (Lipinski definition) is 4. The largest absolute Gasteiger partial charge is 0.465 e. The fourth-order valence-corrected chi connectivity index (χ4v) is 4.56. The van der Waals surface area contributed by atoms with E-state index in [9.17, 15) is 9.59 Å². The molecular formula is C29H58N2O3Si. The van der Waals surface area contributed by atoms with E-state index in [1.54, 1.807) is 0 Å². The first-order valence-electron chi connectivity index (χ1n) is 14.6. The van der Waals surface area contributed by atoms with E-state index in [1.165, 1.54) is 70.6 Å². The Morgan fingerprint density at radius 2 is 1.40 bits per heavy atom. The molecule has 0 saturated heterocycles. The molecule has 0 rings (SSSR count). The summed E-state index contributed by atoms with van der Waals surface area (Å²) in [5.41, 5.74) is 5.93. The Labute approximate surface area is 218 Å². The summed E-state index contributed by atoms with van der Waals surface area (Å²) in [5, 5.41) is 2.99. The van der Waals surface area contributed by atoms with Gasteiger partial charge in [-0.05, 0) is 57.4 Å². The summed E-state index contributed by atoms with van der Waals surface area (Å²) >= 11 is 0. The average Bonchev–Trinajstić information content (AvgIpc) is 2.80. The van der Waals surface area contributed by atoms with Crippen LogP contribution in [0.15, 0.2) is 12.2 Å². The molecule has 6 heteroatoms. The number of nitrogens with two attached hydrogens (primary N) is 1. The van der Waals surface area contributed by atoms with Gasteiger partial charge in [0.15, 0.2) is 0 Å². The molecule has 0 spiro atoms. The molecule has 3 N–H and O–H groups in total.